The predicted octanol–water partition coefficient (Wildman–Crippen LogP) is 0.129. The minimum atomic E-state index is -0.883. The van der Waals surface area contributed by atoms with Gasteiger partial charge >= 0.3 is 5.97 Å². The number of amides is 1. The van der Waals surface area contributed by atoms with Gasteiger partial charge in [0.2, 0.25) is 0 Å². The lowest BCUT2D eigenvalue weighted by molar-refractivity contribution is -0.137. The van der Waals surface area contributed by atoms with E-state index in [1.807, 2.05) is 0 Å². The van der Waals surface area contributed by atoms with Crippen LogP contribution in [0.1, 0.15) is 19.8 Å². The second-order valence-electron chi connectivity index (χ2n) is 2.96. The molecular weight excluding hydrogens is 204 g/mol. The molecule has 1 amide bonds. The van der Waals surface area contributed by atoms with E-state index in [0.29, 0.717) is 17.7 Å². The zero-order chi connectivity index (χ0) is 10.7. The number of rotatable bonds is 3. The van der Waals surface area contributed by atoms with Crippen molar-refractivity contribution in [1.82, 2.24) is 10.6 Å². The molecular formula is C8H10N2O3S. The molecule has 5 nitrogen and oxygen atoms in total. The number of hydrogen-bond acceptors (Lipinski definition) is 3. The lowest BCUT2D eigenvalue weighted by Gasteiger charge is -2.01. The summed E-state index contributed by atoms with van der Waals surface area (Å²) in [6, 6.07) is 0. The molecule has 0 atom stereocenters. The van der Waals surface area contributed by atoms with Gasteiger partial charge in [0.15, 0.2) is 5.11 Å². The van der Waals surface area contributed by atoms with Gasteiger partial charge < -0.3 is 10.4 Å². The highest BCUT2D eigenvalue weighted by atomic mass is 32.1. The van der Waals surface area contributed by atoms with Gasteiger partial charge in [-0.3, -0.25) is 14.9 Å². The minimum absolute atomic E-state index is 0.0110. The molecule has 1 saturated heterocycles. The topological polar surface area (TPSA) is 78.4 Å². The van der Waals surface area contributed by atoms with Crippen molar-refractivity contribution >= 4 is 29.2 Å². The number of aliphatic carboxylic acids is 1. The molecule has 14 heavy (non-hydrogen) atoms. The van der Waals surface area contributed by atoms with Crippen molar-refractivity contribution in [3.8, 4) is 0 Å². The van der Waals surface area contributed by atoms with E-state index in [2.05, 4.69) is 10.6 Å². The van der Waals surface area contributed by atoms with E-state index in [4.69, 9.17) is 17.3 Å². The summed E-state index contributed by atoms with van der Waals surface area (Å²) in [5.41, 5.74) is 1.07. The van der Waals surface area contributed by atoms with Crippen LogP contribution in [0.25, 0.3) is 0 Å². The van der Waals surface area contributed by atoms with Gasteiger partial charge in [0.25, 0.3) is 5.91 Å². The molecule has 0 unspecified atom stereocenters. The lowest BCUT2D eigenvalue weighted by Crippen LogP contribution is -2.21. The van der Waals surface area contributed by atoms with E-state index < -0.39 is 5.97 Å². The SMILES string of the molecule is C/C(CCC(=O)O)=C1/NC(=S)NC1=O. The monoisotopic (exact) mass is 214 g/mol. The Morgan fingerprint density at radius 1 is 1.43 bits per heavy atom. The molecule has 3 N–H and O–H groups in total. The van der Waals surface area contributed by atoms with E-state index in [0.717, 1.165) is 0 Å². The fourth-order valence-electron chi connectivity index (χ4n) is 1.09. The molecule has 1 aliphatic rings. The first-order valence-electron chi connectivity index (χ1n) is 4.04. The van der Waals surface area contributed by atoms with Crippen molar-refractivity contribution < 1.29 is 14.7 Å². The molecule has 0 aromatic carbocycles. The van der Waals surface area contributed by atoms with Crippen LogP contribution in [0.15, 0.2) is 11.3 Å². The Labute approximate surface area is 86.2 Å². The molecule has 0 saturated carbocycles. The van der Waals surface area contributed by atoms with Gasteiger partial charge in [0, 0.05) is 6.42 Å². The summed E-state index contributed by atoms with van der Waals surface area (Å²) in [4.78, 5) is 21.5. The highest BCUT2D eigenvalue weighted by Crippen LogP contribution is 2.11. The Hall–Kier alpha value is -1.43. The van der Waals surface area contributed by atoms with Crippen molar-refractivity contribution in [3.05, 3.63) is 11.3 Å². The lowest BCUT2D eigenvalue weighted by atomic mass is 10.1. The maximum absolute atomic E-state index is 11.2. The third-order valence-electron chi connectivity index (χ3n) is 1.83. The van der Waals surface area contributed by atoms with Crippen LogP contribution in [0.3, 0.4) is 0 Å². The van der Waals surface area contributed by atoms with Gasteiger partial charge in [-0.25, -0.2) is 0 Å². The quantitative estimate of drug-likeness (QED) is 0.460. The minimum Gasteiger partial charge on any atom is -0.481 e. The van der Waals surface area contributed by atoms with Crippen LogP contribution in [0, 0.1) is 0 Å². The fourth-order valence-corrected chi connectivity index (χ4v) is 1.28. The first-order chi connectivity index (χ1) is 6.50. The Morgan fingerprint density at radius 2 is 2.07 bits per heavy atom. The summed E-state index contributed by atoms with van der Waals surface area (Å²) in [5, 5.41) is 13.8. The van der Waals surface area contributed by atoms with Crippen LogP contribution >= 0.6 is 12.2 Å². The summed E-state index contributed by atoms with van der Waals surface area (Å²) in [7, 11) is 0. The maximum atomic E-state index is 11.2. The smallest absolute Gasteiger partial charge is 0.303 e. The molecule has 6 heteroatoms. The third-order valence-corrected chi connectivity index (χ3v) is 2.04. The molecule has 0 aromatic rings. The first kappa shape index (κ1) is 10.6. The van der Waals surface area contributed by atoms with E-state index >= 15 is 0 Å². The van der Waals surface area contributed by atoms with Crippen molar-refractivity contribution in [3.63, 3.8) is 0 Å². The standard InChI is InChI=1S/C8H10N2O3S/c1-4(2-3-5(11)12)6-7(13)10-8(14)9-6/h2-3H2,1H3,(H,11,12)(H2,9,10,13,14)/b6-4-. The van der Waals surface area contributed by atoms with E-state index in [1.165, 1.54) is 0 Å². The van der Waals surface area contributed by atoms with Crippen LogP contribution < -0.4 is 10.6 Å². The maximum Gasteiger partial charge on any atom is 0.303 e. The Balaban J connectivity index is 2.68. The fraction of sp³-hybridized carbons (Fsp3) is 0.375. The van der Waals surface area contributed by atoms with Crippen molar-refractivity contribution in [2.45, 2.75) is 19.8 Å². The first-order valence-corrected chi connectivity index (χ1v) is 4.45. The molecule has 1 rings (SSSR count). The molecule has 0 bridgehead atoms. The average Bonchev–Trinajstić information content (AvgIpc) is 2.41. The number of hydrogen-bond donors (Lipinski definition) is 3. The average molecular weight is 214 g/mol. The Bertz CT molecular complexity index is 335. The molecule has 0 spiro atoms. The normalized spacial score (nSPS) is 18.9. The zero-order valence-corrected chi connectivity index (χ0v) is 8.40. The molecule has 0 aromatic heterocycles. The van der Waals surface area contributed by atoms with Gasteiger partial charge in [-0.15, -0.1) is 0 Å². The number of carbonyl (C=O) groups excluding carboxylic acids is 1. The van der Waals surface area contributed by atoms with Crippen LogP contribution in [0.5, 0.6) is 0 Å². The number of carbonyl (C=O) groups is 2. The van der Waals surface area contributed by atoms with Crippen LogP contribution in [0.4, 0.5) is 0 Å². The van der Waals surface area contributed by atoms with Crippen molar-refractivity contribution in [2.24, 2.45) is 0 Å². The van der Waals surface area contributed by atoms with Crippen molar-refractivity contribution in [1.29, 1.82) is 0 Å². The highest BCUT2D eigenvalue weighted by molar-refractivity contribution is 7.80. The van der Waals surface area contributed by atoms with Gasteiger partial charge in [0.05, 0.1) is 0 Å². The number of nitrogens with one attached hydrogen (secondary N) is 2. The zero-order valence-electron chi connectivity index (χ0n) is 7.59. The number of carboxylic acid groups (broad SMARTS) is 1. The summed E-state index contributed by atoms with van der Waals surface area (Å²) < 4.78 is 0. The van der Waals surface area contributed by atoms with Gasteiger partial charge in [-0.2, -0.15) is 0 Å². The largest absolute Gasteiger partial charge is 0.481 e. The molecule has 0 radical (unpaired) electrons. The van der Waals surface area contributed by atoms with Crippen LogP contribution in [0.2, 0.25) is 0 Å². The Morgan fingerprint density at radius 3 is 2.50 bits per heavy atom. The third kappa shape index (κ3) is 2.53. The van der Waals surface area contributed by atoms with Gasteiger partial charge in [-0.05, 0) is 31.1 Å². The summed E-state index contributed by atoms with van der Waals surface area (Å²) >= 11 is 4.73. The molecule has 0 aliphatic carbocycles. The van der Waals surface area contributed by atoms with E-state index in [-0.39, 0.29) is 17.4 Å². The number of carboxylic acids is 1. The summed E-state index contributed by atoms with van der Waals surface area (Å²) in [6.45, 7) is 1.71. The number of allylic oxidation sites excluding steroid dienone is 1. The molecule has 1 aliphatic heterocycles. The highest BCUT2D eigenvalue weighted by Gasteiger charge is 2.22. The molecule has 76 valence electrons. The summed E-state index contributed by atoms with van der Waals surface area (Å²) in [5.74, 6) is -1.18. The molecule has 1 fully saturated rings. The molecule has 1 heterocycles. The van der Waals surface area contributed by atoms with Crippen LogP contribution in [-0.2, 0) is 9.59 Å². The van der Waals surface area contributed by atoms with Gasteiger partial charge in [-0.1, -0.05) is 0 Å². The second kappa shape index (κ2) is 4.19. The van der Waals surface area contributed by atoms with Crippen molar-refractivity contribution in [2.75, 3.05) is 0 Å². The van der Waals surface area contributed by atoms with Gasteiger partial charge in [0.1, 0.15) is 5.70 Å². The van der Waals surface area contributed by atoms with Crippen LogP contribution in [-0.4, -0.2) is 22.1 Å². The van der Waals surface area contributed by atoms with E-state index in [9.17, 15) is 9.59 Å². The van der Waals surface area contributed by atoms with E-state index in [1.54, 1.807) is 6.92 Å². The Kier molecular flexibility index (Phi) is 3.19. The summed E-state index contributed by atoms with van der Waals surface area (Å²) in [6.07, 6.45) is 0.352. The predicted molar refractivity (Wildman–Crippen MR) is 53.4 cm³/mol. The number of thiocarbonyl (C=S) groups is 1. The second-order valence-corrected chi connectivity index (χ2v) is 3.37.